The molecule has 0 fully saturated rings. The monoisotopic (exact) mass is 223 g/mol. The van der Waals surface area contributed by atoms with Crippen LogP contribution >= 0.6 is 0 Å². The molecule has 0 spiro atoms. The lowest BCUT2D eigenvalue weighted by Crippen LogP contribution is -2.17. The number of pyridine rings is 1. The van der Waals surface area contributed by atoms with Gasteiger partial charge in [-0.25, -0.2) is 9.18 Å². The number of carboxylic acid groups (broad SMARTS) is 1. The largest absolute Gasteiger partial charge is 0.478 e. The van der Waals surface area contributed by atoms with Gasteiger partial charge in [0.15, 0.2) is 0 Å². The molecule has 1 atom stereocenters. The molecule has 1 unspecified atom stereocenters. The molecule has 0 amide bonds. The van der Waals surface area contributed by atoms with Gasteiger partial charge in [-0.05, 0) is 12.1 Å². The second kappa shape index (κ2) is 3.84. The van der Waals surface area contributed by atoms with E-state index in [1.165, 1.54) is 0 Å². The Balaban J connectivity index is 2.94. The highest BCUT2D eigenvalue weighted by Crippen LogP contribution is 2.34. The fraction of sp³-hybridized carbons (Fsp3) is 0.250. The second-order valence-corrected chi connectivity index (χ2v) is 2.68. The molecule has 15 heavy (non-hydrogen) atoms. The molecule has 1 N–H and O–H groups in total. The average molecular weight is 223 g/mol. The Morgan fingerprint density at radius 2 is 2.00 bits per heavy atom. The van der Waals surface area contributed by atoms with Gasteiger partial charge in [0.1, 0.15) is 0 Å². The van der Waals surface area contributed by atoms with Crippen LogP contribution in [0.25, 0.3) is 0 Å². The number of hydrogen-bond donors (Lipinski definition) is 1. The van der Waals surface area contributed by atoms with E-state index in [2.05, 4.69) is 4.98 Å². The molecule has 0 aliphatic carbocycles. The van der Waals surface area contributed by atoms with Crippen LogP contribution in [0.5, 0.6) is 0 Å². The van der Waals surface area contributed by atoms with E-state index in [0.29, 0.717) is 12.3 Å². The van der Waals surface area contributed by atoms with E-state index in [1.54, 1.807) is 0 Å². The molecule has 0 aliphatic heterocycles. The van der Waals surface area contributed by atoms with Gasteiger partial charge in [-0.3, -0.25) is 4.98 Å². The Morgan fingerprint density at radius 1 is 1.40 bits per heavy atom. The number of halogens is 4. The van der Waals surface area contributed by atoms with Crippen molar-refractivity contribution in [2.75, 3.05) is 0 Å². The molecule has 0 aromatic carbocycles. The van der Waals surface area contributed by atoms with Crippen molar-refractivity contribution in [3.63, 3.8) is 0 Å². The quantitative estimate of drug-likeness (QED) is 0.783. The Kier molecular flexibility index (Phi) is 2.92. The first-order valence-electron chi connectivity index (χ1n) is 3.72. The molecule has 0 saturated heterocycles. The zero-order valence-electron chi connectivity index (χ0n) is 7.12. The lowest BCUT2D eigenvalue weighted by atomic mass is 10.2. The van der Waals surface area contributed by atoms with Gasteiger partial charge >= 0.3 is 12.1 Å². The van der Waals surface area contributed by atoms with Crippen LogP contribution in [0.2, 0.25) is 0 Å². The van der Waals surface area contributed by atoms with Crippen LogP contribution in [0.3, 0.4) is 0 Å². The summed E-state index contributed by atoms with van der Waals surface area (Å²) in [7, 11) is 0. The lowest BCUT2D eigenvalue weighted by molar-refractivity contribution is -0.183. The summed E-state index contributed by atoms with van der Waals surface area (Å²) in [5.41, 5.74) is -1.15. The van der Waals surface area contributed by atoms with Crippen LogP contribution < -0.4 is 0 Å². The summed E-state index contributed by atoms with van der Waals surface area (Å²) in [6.45, 7) is 0. The Hall–Kier alpha value is -1.66. The zero-order chi connectivity index (χ0) is 11.6. The topological polar surface area (TPSA) is 50.2 Å². The van der Waals surface area contributed by atoms with Gasteiger partial charge in [0.05, 0.1) is 11.3 Å². The molecule has 1 heterocycles. The van der Waals surface area contributed by atoms with Gasteiger partial charge in [-0.1, -0.05) is 0 Å². The van der Waals surface area contributed by atoms with Gasteiger partial charge in [0.2, 0.25) is 6.17 Å². The molecule has 3 nitrogen and oxygen atoms in total. The highest BCUT2D eigenvalue weighted by molar-refractivity contribution is 5.87. The first-order valence-corrected chi connectivity index (χ1v) is 3.72. The van der Waals surface area contributed by atoms with Crippen molar-refractivity contribution in [3.8, 4) is 0 Å². The van der Waals surface area contributed by atoms with Crippen LogP contribution in [-0.2, 0) is 0 Å². The summed E-state index contributed by atoms with van der Waals surface area (Å²) >= 11 is 0. The third-order valence-electron chi connectivity index (χ3n) is 1.58. The summed E-state index contributed by atoms with van der Waals surface area (Å²) in [5, 5.41) is 8.42. The molecule has 7 heteroatoms. The number of alkyl halides is 4. The summed E-state index contributed by atoms with van der Waals surface area (Å²) in [6.07, 6.45) is -7.55. The molecule has 1 rings (SSSR count). The van der Waals surface area contributed by atoms with Crippen molar-refractivity contribution in [1.29, 1.82) is 0 Å². The summed E-state index contributed by atoms with van der Waals surface area (Å²) < 4.78 is 48.2. The maximum Gasteiger partial charge on any atom is 0.425 e. The second-order valence-electron chi connectivity index (χ2n) is 2.68. The maximum atomic E-state index is 12.6. The number of carbonyl (C=O) groups is 1. The summed E-state index contributed by atoms with van der Waals surface area (Å²) in [6, 6.07) is 1.56. The smallest absolute Gasteiger partial charge is 0.425 e. The van der Waals surface area contributed by atoms with Crippen molar-refractivity contribution in [2.45, 2.75) is 12.3 Å². The maximum absolute atomic E-state index is 12.6. The minimum absolute atomic E-state index is 0.298. The minimum atomic E-state index is -5.03. The van der Waals surface area contributed by atoms with Crippen LogP contribution in [0, 0.1) is 0 Å². The van der Waals surface area contributed by atoms with E-state index < -0.39 is 24.0 Å². The van der Waals surface area contributed by atoms with Gasteiger partial charge in [-0.2, -0.15) is 13.2 Å². The van der Waals surface area contributed by atoms with E-state index in [0.717, 1.165) is 6.07 Å². The number of hydrogen-bond acceptors (Lipinski definition) is 2. The number of aromatic nitrogens is 1. The Labute approximate surface area is 81.4 Å². The highest BCUT2D eigenvalue weighted by atomic mass is 19.4. The van der Waals surface area contributed by atoms with E-state index in [1.807, 2.05) is 0 Å². The fourth-order valence-electron chi connectivity index (χ4n) is 0.849. The zero-order valence-corrected chi connectivity index (χ0v) is 7.12. The SMILES string of the molecule is O=C(O)c1ccc(C(F)C(F)(F)F)nc1. The van der Waals surface area contributed by atoms with Crippen LogP contribution in [0.4, 0.5) is 17.6 Å². The van der Waals surface area contributed by atoms with Crippen molar-refractivity contribution < 1.29 is 27.5 Å². The van der Waals surface area contributed by atoms with E-state index >= 15 is 0 Å². The van der Waals surface area contributed by atoms with Gasteiger partial charge in [0, 0.05) is 6.20 Å². The summed E-state index contributed by atoms with van der Waals surface area (Å²) in [4.78, 5) is 13.4. The fourth-order valence-corrected chi connectivity index (χ4v) is 0.849. The number of carboxylic acids is 1. The van der Waals surface area contributed by atoms with Crippen LogP contribution in [0.15, 0.2) is 18.3 Å². The van der Waals surface area contributed by atoms with Crippen molar-refractivity contribution in [1.82, 2.24) is 4.98 Å². The number of rotatable bonds is 2. The Morgan fingerprint density at radius 3 is 2.33 bits per heavy atom. The molecule has 1 aromatic heterocycles. The first-order chi connectivity index (χ1) is 6.82. The van der Waals surface area contributed by atoms with E-state index in [4.69, 9.17) is 5.11 Å². The average Bonchev–Trinajstić information content (AvgIpc) is 2.15. The summed E-state index contributed by atoms with van der Waals surface area (Å²) in [5.74, 6) is -1.34. The molecule has 0 aliphatic rings. The predicted octanol–water partition coefficient (Wildman–Crippen LogP) is 2.35. The Bertz CT molecular complexity index is 360. The highest BCUT2D eigenvalue weighted by Gasteiger charge is 2.42. The molecule has 1 aromatic rings. The molecular weight excluding hydrogens is 218 g/mol. The standard InChI is InChI=1S/C8H5F4NO2/c9-6(8(10,11)12)5-2-1-4(3-13-5)7(14)15/h1-3,6H,(H,14,15). The van der Waals surface area contributed by atoms with Gasteiger partial charge in [-0.15, -0.1) is 0 Å². The number of nitrogens with zero attached hydrogens (tertiary/aromatic N) is 1. The van der Waals surface area contributed by atoms with Crippen molar-refractivity contribution >= 4 is 5.97 Å². The number of aromatic carboxylic acids is 1. The van der Waals surface area contributed by atoms with Crippen molar-refractivity contribution in [2.24, 2.45) is 0 Å². The predicted molar refractivity (Wildman–Crippen MR) is 41.1 cm³/mol. The molecule has 0 bridgehead atoms. The van der Waals surface area contributed by atoms with Crippen LogP contribution in [-0.4, -0.2) is 22.2 Å². The molecule has 82 valence electrons. The minimum Gasteiger partial charge on any atom is -0.478 e. The third-order valence-corrected chi connectivity index (χ3v) is 1.58. The molecule has 0 saturated carbocycles. The molecular formula is C8H5F4NO2. The van der Waals surface area contributed by atoms with E-state index in [9.17, 15) is 22.4 Å². The third kappa shape index (κ3) is 2.64. The normalized spacial score (nSPS) is 13.6. The lowest BCUT2D eigenvalue weighted by Gasteiger charge is -2.11. The van der Waals surface area contributed by atoms with E-state index in [-0.39, 0.29) is 5.56 Å². The van der Waals surface area contributed by atoms with Gasteiger partial charge < -0.3 is 5.11 Å². The van der Waals surface area contributed by atoms with Crippen molar-refractivity contribution in [3.05, 3.63) is 29.6 Å². The van der Waals surface area contributed by atoms with Gasteiger partial charge in [0.25, 0.3) is 0 Å². The first kappa shape index (κ1) is 11.4. The van der Waals surface area contributed by atoms with Crippen LogP contribution in [0.1, 0.15) is 22.2 Å². The molecule has 0 radical (unpaired) electrons.